The highest BCUT2D eigenvalue weighted by atomic mass is 19.4. The van der Waals surface area contributed by atoms with E-state index in [0.717, 1.165) is 12.1 Å². The molecule has 4 rings (SSSR count). The molecule has 40 heavy (non-hydrogen) atoms. The summed E-state index contributed by atoms with van der Waals surface area (Å²) in [6, 6.07) is 11.1. The Kier molecular flexibility index (Phi) is 7.73. The first-order valence-electron chi connectivity index (χ1n) is 12.3. The van der Waals surface area contributed by atoms with Crippen LogP contribution in [0.5, 0.6) is 5.75 Å². The van der Waals surface area contributed by atoms with Gasteiger partial charge in [0.25, 0.3) is 5.91 Å². The highest BCUT2D eigenvalue weighted by Crippen LogP contribution is 2.34. The number of carbonyl (C=O) groups is 1. The van der Waals surface area contributed by atoms with Crippen LogP contribution >= 0.6 is 0 Å². The van der Waals surface area contributed by atoms with E-state index in [1.807, 2.05) is 0 Å². The lowest BCUT2D eigenvalue weighted by Crippen LogP contribution is -2.49. The van der Waals surface area contributed by atoms with Crippen molar-refractivity contribution in [2.75, 3.05) is 0 Å². The summed E-state index contributed by atoms with van der Waals surface area (Å²) in [6.45, 7) is 3.82. The fourth-order valence-electron chi connectivity index (χ4n) is 4.22. The first-order valence-corrected chi connectivity index (χ1v) is 12.3. The third-order valence-corrected chi connectivity index (χ3v) is 6.42. The van der Waals surface area contributed by atoms with Gasteiger partial charge in [0.05, 0.1) is 29.0 Å². The van der Waals surface area contributed by atoms with E-state index in [9.17, 15) is 31.5 Å². The molecule has 7 nitrogen and oxygen atoms in total. The number of rotatable bonds is 8. The predicted molar refractivity (Wildman–Crippen MR) is 139 cm³/mol. The van der Waals surface area contributed by atoms with Gasteiger partial charge >= 0.3 is 12.1 Å². The molecule has 1 amide bonds. The Balaban J connectivity index is 1.73. The summed E-state index contributed by atoms with van der Waals surface area (Å²) in [5, 5.41) is 7.33. The molecule has 0 saturated carbocycles. The maximum atomic E-state index is 13.8. The summed E-state index contributed by atoms with van der Waals surface area (Å²) >= 11 is 0. The lowest BCUT2D eigenvalue weighted by atomic mass is 9.92. The number of hydrogen-bond acceptors (Lipinski definition) is 4. The molecule has 2 aromatic heterocycles. The van der Waals surface area contributed by atoms with E-state index in [-0.39, 0.29) is 16.9 Å². The second-order valence-corrected chi connectivity index (χ2v) is 9.90. The highest BCUT2D eigenvalue weighted by Gasteiger charge is 2.38. The van der Waals surface area contributed by atoms with Crippen molar-refractivity contribution in [1.29, 1.82) is 0 Å². The van der Waals surface area contributed by atoms with Crippen LogP contribution in [0.1, 0.15) is 38.0 Å². The van der Waals surface area contributed by atoms with Crippen molar-refractivity contribution in [2.45, 2.75) is 45.0 Å². The van der Waals surface area contributed by atoms with Crippen molar-refractivity contribution < 1.29 is 31.5 Å². The van der Waals surface area contributed by atoms with Gasteiger partial charge in [0.2, 0.25) is 5.56 Å². The minimum atomic E-state index is -4.57. The number of pyridine rings is 1. The SMILES string of the molecule is CC(C)C(NC(=O)C(C)(F)F)[C@H](Oc1ccc2c(cnn2-c2ccc(=O)n(C)c2)c1)c1ccc(C(F)(F)F)cc1. The zero-order valence-electron chi connectivity index (χ0n) is 22.0. The third-order valence-electron chi connectivity index (χ3n) is 6.42. The van der Waals surface area contributed by atoms with Crippen LogP contribution in [0.3, 0.4) is 0 Å². The van der Waals surface area contributed by atoms with Crippen molar-refractivity contribution in [1.82, 2.24) is 19.7 Å². The Bertz CT molecular complexity index is 1570. The van der Waals surface area contributed by atoms with Crippen LogP contribution in [0.25, 0.3) is 16.6 Å². The van der Waals surface area contributed by atoms with Crippen molar-refractivity contribution in [3.8, 4) is 11.4 Å². The largest absolute Gasteiger partial charge is 0.484 e. The molecule has 0 aliphatic rings. The summed E-state index contributed by atoms with van der Waals surface area (Å²) in [6.07, 6.45) is -2.48. The van der Waals surface area contributed by atoms with Crippen LogP contribution in [0.4, 0.5) is 22.0 Å². The van der Waals surface area contributed by atoms with Crippen molar-refractivity contribution in [3.05, 3.63) is 88.5 Å². The average Bonchev–Trinajstić information content (AvgIpc) is 3.29. The normalized spacial score (nSPS) is 13.8. The molecule has 0 radical (unpaired) electrons. The number of ether oxygens (including phenoxy) is 1. The van der Waals surface area contributed by atoms with E-state index in [0.29, 0.717) is 23.5 Å². The minimum Gasteiger partial charge on any atom is -0.484 e. The van der Waals surface area contributed by atoms with Gasteiger partial charge in [-0.3, -0.25) is 9.59 Å². The van der Waals surface area contributed by atoms with E-state index < -0.39 is 41.6 Å². The molecule has 1 unspecified atom stereocenters. The number of nitrogens with one attached hydrogen (secondary N) is 1. The Morgan fingerprint density at radius 3 is 2.25 bits per heavy atom. The van der Waals surface area contributed by atoms with Crippen LogP contribution in [0.2, 0.25) is 0 Å². The van der Waals surface area contributed by atoms with E-state index in [4.69, 9.17) is 4.74 Å². The lowest BCUT2D eigenvalue weighted by molar-refractivity contribution is -0.145. The van der Waals surface area contributed by atoms with Gasteiger partial charge in [-0.1, -0.05) is 26.0 Å². The number of amides is 1. The summed E-state index contributed by atoms with van der Waals surface area (Å²) in [4.78, 5) is 24.0. The summed E-state index contributed by atoms with van der Waals surface area (Å²) < 4.78 is 76.3. The maximum Gasteiger partial charge on any atom is 0.416 e. The van der Waals surface area contributed by atoms with E-state index in [2.05, 4.69) is 10.4 Å². The second kappa shape index (κ2) is 10.7. The molecule has 2 heterocycles. The molecule has 0 fully saturated rings. The Labute approximate surface area is 226 Å². The fourth-order valence-corrected chi connectivity index (χ4v) is 4.22. The Morgan fingerprint density at radius 1 is 1.00 bits per heavy atom. The molecule has 1 N–H and O–H groups in total. The number of benzene rings is 2. The number of nitrogens with zero attached hydrogens (tertiary/aromatic N) is 3. The van der Waals surface area contributed by atoms with Crippen LogP contribution in [0, 0.1) is 5.92 Å². The summed E-state index contributed by atoms with van der Waals surface area (Å²) in [7, 11) is 1.61. The molecule has 0 saturated heterocycles. The molecule has 0 aliphatic carbocycles. The number of hydrogen-bond donors (Lipinski definition) is 1. The molecule has 2 atom stereocenters. The molecular weight excluding hydrogens is 535 g/mol. The van der Waals surface area contributed by atoms with Crippen molar-refractivity contribution >= 4 is 16.8 Å². The van der Waals surface area contributed by atoms with Gasteiger partial charge in [0.15, 0.2) is 0 Å². The third kappa shape index (κ3) is 6.16. The molecular formula is C28H27F5N4O3. The number of aryl methyl sites for hydroxylation is 1. The van der Waals surface area contributed by atoms with Crippen molar-refractivity contribution in [3.63, 3.8) is 0 Å². The zero-order valence-corrected chi connectivity index (χ0v) is 22.0. The van der Waals surface area contributed by atoms with Crippen LogP contribution in [0.15, 0.2) is 71.8 Å². The molecule has 0 spiro atoms. The Morgan fingerprint density at radius 2 is 1.68 bits per heavy atom. The monoisotopic (exact) mass is 562 g/mol. The van der Waals surface area contributed by atoms with Gasteiger partial charge in [-0.15, -0.1) is 0 Å². The molecule has 0 bridgehead atoms. The van der Waals surface area contributed by atoms with Crippen molar-refractivity contribution in [2.24, 2.45) is 13.0 Å². The average molecular weight is 563 g/mol. The number of alkyl halides is 5. The zero-order chi connectivity index (χ0) is 29.4. The van der Waals surface area contributed by atoms with Crippen LogP contribution in [-0.2, 0) is 18.0 Å². The quantitative estimate of drug-likeness (QED) is 0.281. The summed E-state index contributed by atoms with van der Waals surface area (Å²) in [5.74, 6) is -5.36. The first-order chi connectivity index (χ1) is 18.6. The van der Waals surface area contributed by atoms with E-state index in [1.54, 1.807) is 62.2 Å². The van der Waals surface area contributed by atoms with Gasteiger partial charge in [-0.25, -0.2) is 4.68 Å². The highest BCUT2D eigenvalue weighted by molar-refractivity contribution is 5.83. The topological polar surface area (TPSA) is 78.2 Å². The number of fused-ring (bicyclic) bond motifs is 1. The predicted octanol–water partition coefficient (Wildman–Crippen LogP) is 5.66. The summed E-state index contributed by atoms with van der Waals surface area (Å²) in [5.41, 5.74) is 0.505. The minimum absolute atomic E-state index is 0.183. The fraction of sp³-hybridized carbons (Fsp3) is 0.321. The molecule has 12 heteroatoms. The van der Waals surface area contributed by atoms with E-state index >= 15 is 0 Å². The van der Waals surface area contributed by atoms with E-state index in [1.165, 1.54) is 22.8 Å². The number of carbonyl (C=O) groups excluding carboxylic acids is 1. The van der Waals surface area contributed by atoms with Crippen LogP contribution < -0.4 is 15.6 Å². The maximum absolute atomic E-state index is 13.8. The van der Waals surface area contributed by atoms with Gasteiger partial charge in [-0.05, 0) is 47.9 Å². The molecule has 212 valence electrons. The van der Waals surface area contributed by atoms with Crippen LogP contribution in [-0.4, -0.2) is 32.2 Å². The second-order valence-electron chi connectivity index (χ2n) is 9.90. The van der Waals surface area contributed by atoms with Gasteiger partial charge in [-0.2, -0.15) is 27.1 Å². The lowest BCUT2D eigenvalue weighted by Gasteiger charge is -2.32. The Hall–Kier alpha value is -4.22. The standard InChI is InChI=1S/C28H27F5N4O3/c1-16(2)24(35-26(39)27(3,29)30)25(17-5-7-19(8-6-17)28(31,32)33)40-21-10-11-22-18(13-21)14-34-37(22)20-9-12-23(38)36(4)15-20/h5-16,24-25H,1-4H3,(H,35,39)/t24?,25-/m1/s1. The molecule has 4 aromatic rings. The van der Waals surface area contributed by atoms with Gasteiger partial charge < -0.3 is 14.6 Å². The number of aromatic nitrogens is 3. The van der Waals surface area contributed by atoms with Gasteiger partial charge in [0, 0.05) is 31.6 Å². The first kappa shape index (κ1) is 28.8. The molecule has 0 aliphatic heterocycles. The smallest absolute Gasteiger partial charge is 0.416 e. The number of halogens is 5. The molecule has 2 aromatic carbocycles. The van der Waals surface area contributed by atoms with Gasteiger partial charge in [0.1, 0.15) is 11.9 Å².